The Hall–Kier alpha value is -2.50. The topological polar surface area (TPSA) is 87.4 Å². The number of benzene rings is 1. The van der Waals surface area contributed by atoms with E-state index in [1.165, 1.54) is 0 Å². The average Bonchev–Trinajstić information content (AvgIpc) is 2.85. The van der Waals surface area contributed by atoms with E-state index >= 15 is 0 Å². The maximum atomic E-state index is 10.7. The summed E-state index contributed by atoms with van der Waals surface area (Å²) in [7, 11) is 0. The number of phenolic OH excluding ortho intramolecular Hbond substituents is 1. The molecule has 6 heteroatoms. The van der Waals surface area contributed by atoms with Crippen molar-refractivity contribution in [1.82, 2.24) is 14.9 Å². The molecule has 6 nitrogen and oxygen atoms in total. The zero-order valence-corrected chi connectivity index (χ0v) is 12.1. The van der Waals surface area contributed by atoms with Crippen LogP contribution in [0.4, 0.5) is 4.79 Å². The number of hydrogen-bond acceptors (Lipinski definition) is 3. The van der Waals surface area contributed by atoms with Gasteiger partial charge >= 0.3 is 6.09 Å². The Bertz CT molecular complexity index is 617. The molecule has 0 fully saturated rings. The van der Waals surface area contributed by atoms with Crippen LogP contribution in [-0.4, -0.2) is 31.4 Å². The van der Waals surface area contributed by atoms with Crippen LogP contribution in [0.5, 0.6) is 5.75 Å². The number of nitrogens with one attached hydrogen (secondary N) is 1. The van der Waals surface area contributed by atoms with Gasteiger partial charge in [0, 0.05) is 23.8 Å². The molecular formula is C15H19N3O3. The highest BCUT2D eigenvalue weighted by Crippen LogP contribution is 2.20. The maximum absolute atomic E-state index is 10.7. The van der Waals surface area contributed by atoms with Crippen molar-refractivity contribution in [3.63, 3.8) is 0 Å². The van der Waals surface area contributed by atoms with Gasteiger partial charge in [-0.2, -0.15) is 0 Å². The van der Waals surface area contributed by atoms with Crippen LogP contribution in [0.15, 0.2) is 36.8 Å². The van der Waals surface area contributed by atoms with E-state index in [2.05, 4.69) is 10.3 Å². The summed E-state index contributed by atoms with van der Waals surface area (Å²) in [5.41, 5.74) is 1.25. The Morgan fingerprint density at radius 1 is 1.33 bits per heavy atom. The second-order valence-electron chi connectivity index (χ2n) is 5.61. The van der Waals surface area contributed by atoms with E-state index in [0.29, 0.717) is 13.0 Å². The predicted molar refractivity (Wildman–Crippen MR) is 79.2 cm³/mol. The van der Waals surface area contributed by atoms with Gasteiger partial charge in [0.1, 0.15) is 5.75 Å². The van der Waals surface area contributed by atoms with Gasteiger partial charge in [0.25, 0.3) is 0 Å². The summed E-state index contributed by atoms with van der Waals surface area (Å²) in [4.78, 5) is 15.0. The summed E-state index contributed by atoms with van der Waals surface area (Å²) >= 11 is 0. The van der Waals surface area contributed by atoms with Crippen molar-refractivity contribution >= 4 is 6.09 Å². The molecule has 2 aromatic rings. The van der Waals surface area contributed by atoms with E-state index in [4.69, 9.17) is 5.11 Å². The summed E-state index contributed by atoms with van der Waals surface area (Å²) < 4.78 is 1.92. The van der Waals surface area contributed by atoms with Crippen molar-refractivity contribution in [3.05, 3.63) is 36.8 Å². The normalized spacial score (nSPS) is 11.3. The highest BCUT2D eigenvalue weighted by molar-refractivity contribution is 5.65. The van der Waals surface area contributed by atoms with Crippen molar-refractivity contribution < 1.29 is 15.0 Å². The van der Waals surface area contributed by atoms with Gasteiger partial charge in [0.2, 0.25) is 0 Å². The summed E-state index contributed by atoms with van der Waals surface area (Å²) in [5, 5.41) is 20.5. The first-order valence-electron chi connectivity index (χ1n) is 6.68. The predicted octanol–water partition coefficient (Wildman–Crippen LogP) is 2.69. The van der Waals surface area contributed by atoms with Crippen LogP contribution in [0, 0.1) is 0 Å². The van der Waals surface area contributed by atoms with Crippen molar-refractivity contribution in [2.45, 2.75) is 32.4 Å². The number of aryl methyl sites for hydroxylation is 1. The molecule has 0 aliphatic carbocycles. The van der Waals surface area contributed by atoms with Crippen molar-refractivity contribution in [3.8, 4) is 17.0 Å². The minimum Gasteiger partial charge on any atom is -0.508 e. The van der Waals surface area contributed by atoms with E-state index in [-0.39, 0.29) is 5.75 Å². The van der Waals surface area contributed by atoms with Crippen LogP contribution in [-0.2, 0) is 6.54 Å². The highest BCUT2D eigenvalue weighted by Gasteiger charge is 2.19. The fourth-order valence-corrected chi connectivity index (χ4v) is 2.02. The molecule has 0 spiro atoms. The summed E-state index contributed by atoms with van der Waals surface area (Å²) in [6.07, 6.45) is 3.27. The Labute approximate surface area is 123 Å². The molecule has 1 aromatic heterocycles. The van der Waals surface area contributed by atoms with E-state index in [9.17, 15) is 9.90 Å². The zero-order valence-electron chi connectivity index (χ0n) is 12.1. The molecular weight excluding hydrogens is 270 g/mol. The molecule has 1 heterocycles. The van der Waals surface area contributed by atoms with Crippen LogP contribution in [0.25, 0.3) is 11.3 Å². The molecule has 0 bridgehead atoms. The van der Waals surface area contributed by atoms with Gasteiger partial charge in [-0.15, -0.1) is 0 Å². The molecule has 0 saturated carbocycles. The minimum atomic E-state index is -1.02. The van der Waals surface area contributed by atoms with Crippen molar-refractivity contribution in [2.75, 3.05) is 0 Å². The number of imidazole rings is 1. The third kappa shape index (κ3) is 4.24. The molecule has 0 atom stereocenters. The lowest BCUT2D eigenvalue weighted by Crippen LogP contribution is -2.43. The number of rotatable bonds is 5. The van der Waals surface area contributed by atoms with Gasteiger partial charge in [-0.05, 0) is 44.5 Å². The van der Waals surface area contributed by atoms with Crippen LogP contribution in [0.3, 0.4) is 0 Å². The number of hydrogen-bond donors (Lipinski definition) is 3. The van der Waals surface area contributed by atoms with Gasteiger partial charge in [-0.25, -0.2) is 9.78 Å². The lowest BCUT2D eigenvalue weighted by Gasteiger charge is -2.24. The van der Waals surface area contributed by atoms with E-state index < -0.39 is 11.6 Å². The third-order valence-electron chi connectivity index (χ3n) is 3.24. The summed E-state index contributed by atoms with van der Waals surface area (Å²) in [6, 6.07) is 6.85. The van der Waals surface area contributed by atoms with Crippen molar-refractivity contribution in [1.29, 1.82) is 0 Å². The van der Waals surface area contributed by atoms with Crippen LogP contribution < -0.4 is 5.32 Å². The quantitative estimate of drug-likeness (QED) is 0.789. The molecule has 0 aliphatic rings. The largest absolute Gasteiger partial charge is 0.508 e. The molecule has 21 heavy (non-hydrogen) atoms. The fourth-order valence-electron chi connectivity index (χ4n) is 2.02. The lowest BCUT2D eigenvalue weighted by molar-refractivity contribution is 0.179. The third-order valence-corrected chi connectivity index (χ3v) is 3.24. The maximum Gasteiger partial charge on any atom is 0.405 e. The highest BCUT2D eigenvalue weighted by atomic mass is 16.4. The number of nitrogens with zero attached hydrogens (tertiary/aromatic N) is 2. The summed E-state index contributed by atoms with van der Waals surface area (Å²) in [5.74, 6) is 0.222. The van der Waals surface area contributed by atoms with Gasteiger partial charge in [0.15, 0.2) is 0 Å². The van der Waals surface area contributed by atoms with Crippen LogP contribution in [0.2, 0.25) is 0 Å². The van der Waals surface area contributed by atoms with Gasteiger partial charge in [-0.3, -0.25) is 0 Å². The molecule has 2 rings (SSSR count). The molecule has 112 valence electrons. The monoisotopic (exact) mass is 289 g/mol. The Morgan fingerprint density at radius 3 is 2.62 bits per heavy atom. The van der Waals surface area contributed by atoms with E-state index in [1.807, 2.05) is 24.6 Å². The molecule has 0 aliphatic heterocycles. The number of aromatic hydroxyl groups is 1. The smallest absolute Gasteiger partial charge is 0.405 e. The number of aromatic nitrogens is 2. The Morgan fingerprint density at radius 2 is 2.00 bits per heavy atom. The first-order chi connectivity index (χ1) is 9.85. The van der Waals surface area contributed by atoms with Crippen molar-refractivity contribution in [2.24, 2.45) is 0 Å². The number of carbonyl (C=O) groups is 1. The first kappa shape index (κ1) is 14.9. The van der Waals surface area contributed by atoms with Crippen LogP contribution >= 0.6 is 0 Å². The van der Waals surface area contributed by atoms with Gasteiger partial charge < -0.3 is 20.1 Å². The Balaban J connectivity index is 2.00. The first-order valence-corrected chi connectivity index (χ1v) is 6.68. The lowest BCUT2D eigenvalue weighted by atomic mass is 10.0. The average molecular weight is 289 g/mol. The van der Waals surface area contributed by atoms with Gasteiger partial charge in [0.05, 0.1) is 12.0 Å². The standard InChI is InChI=1S/C15H19N3O3/c1-15(2,17-14(20)21)7-8-18-9-13(16-10-18)11-3-5-12(19)6-4-11/h3-6,9-10,17,19H,7-8H2,1-2H3,(H,20,21). The Kier molecular flexibility index (Phi) is 4.16. The summed E-state index contributed by atoms with van der Waals surface area (Å²) in [6.45, 7) is 4.36. The molecule has 1 aromatic carbocycles. The van der Waals surface area contributed by atoms with Crippen LogP contribution in [0.1, 0.15) is 20.3 Å². The van der Waals surface area contributed by atoms with E-state index in [1.54, 1.807) is 30.6 Å². The van der Waals surface area contributed by atoms with E-state index in [0.717, 1.165) is 11.3 Å². The molecule has 3 N–H and O–H groups in total. The molecule has 0 radical (unpaired) electrons. The number of carboxylic acid groups (broad SMARTS) is 1. The zero-order chi connectivity index (χ0) is 15.5. The molecule has 0 unspecified atom stereocenters. The molecule has 1 amide bonds. The second-order valence-corrected chi connectivity index (χ2v) is 5.61. The molecule has 0 saturated heterocycles. The number of amides is 1. The minimum absolute atomic E-state index is 0.222. The SMILES string of the molecule is CC(C)(CCn1cnc(-c2ccc(O)cc2)c1)NC(=O)O. The second kappa shape index (κ2) is 5.87. The fraction of sp³-hybridized carbons (Fsp3) is 0.333. The number of phenols is 1. The van der Waals surface area contributed by atoms with Gasteiger partial charge in [-0.1, -0.05) is 0 Å².